The van der Waals surface area contributed by atoms with Crippen LogP contribution in [0.4, 0.5) is 10.5 Å². The van der Waals surface area contributed by atoms with Gasteiger partial charge in [0, 0.05) is 24.0 Å². The number of anilines is 1. The van der Waals surface area contributed by atoms with E-state index >= 15 is 0 Å². The summed E-state index contributed by atoms with van der Waals surface area (Å²) in [7, 11) is 0. The summed E-state index contributed by atoms with van der Waals surface area (Å²) in [6.45, 7) is 7.47. The van der Waals surface area contributed by atoms with Crippen LogP contribution in [0, 0.1) is 12.8 Å². The van der Waals surface area contributed by atoms with E-state index in [9.17, 15) is 4.79 Å². The van der Waals surface area contributed by atoms with Crippen molar-refractivity contribution in [2.45, 2.75) is 32.9 Å². The first kappa shape index (κ1) is 16.5. The molecule has 2 N–H and O–H groups in total. The van der Waals surface area contributed by atoms with Gasteiger partial charge in [0.25, 0.3) is 0 Å². The van der Waals surface area contributed by atoms with Crippen LogP contribution in [0.25, 0.3) is 0 Å². The standard InChI is InChI=1S/C18H24N4O2/c1-12-10-24-11-17(12)21-18(23)20-16-6-4-15(5-7-16)13(2)22-9-8-19-14(22)3/h4-9,12-13,17H,10-11H2,1-3H3,(H2,20,21,23)/t12-,13-,17+/m0/s1. The van der Waals surface area contributed by atoms with Gasteiger partial charge in [-0.3, -0.25) is 0 Å². The summed E-state index contributed by atoms with van der Waals surface area (Å²) in [6, 6.07) is 7.99. The van der Waals surface area contributed by atoms with Gasteiger partial charge >= 0.3 is 6.03 Å². The highest BCUT2D eigenvalue weighted by Gasteiger charge is 2.25. The van der Waals surface area contributed by atoms with Crippen LogP contribution >= 0.6 is 0 Å². The SMILES string of the molecule is Cc1nccn1[C@@H](C)c1ccc(NC(=O)N[C@@H]2COC[C@@H]2C)cc1. The molecule has 0 aliphatic carbocycles. The van der Waals surface area contributed by atoms with E-state index in [4.69, 9.17) is 4.74 Å². The van der Waals surface area contributed by atoms with Crippen molar-refractivity contribution >= 4 is 11.7 Å². The molecular formula is C18H24N4O2. The molecular weight excluding hydrogens is 304 g/mol. The van der Waals surface area contributed by atoms with Gasteiger partial charge in [-0.25, -0.2) is 9.78 Å². The lowest BCUT2D eigenvalue weighted by molar-refractivity contribution is 0.184. The molecule has 1 aromatic heterocycles. The highest BCUT2D eigenvalue weighted by molar-refractivity contribution is 5.89. The molecule has 0 saturated carbocycles. The van der Waals surface area contributed by atoms with Crippen molar-refractivity contribution in [3.63, 3.8) is 0 Å². The third-order valence-corrected chi connectivity index (χ3v) is 4.61. The molecule has 3 atom stereocenters. The maximum atomic E-state index is 12.1. The van der Waals surface area contributed by atoms with Crippen LogP contribution in [0.15, 0.2) is 36.7 Å². The van der Waals surface area contributed by atoms with Crippen LogP contribution < -0.4 is 10.6 Å². The summed E-state index contributed by atoms with van der Waals surface area (Å²) in [5.41, 5.74) is 1.94. The Bertz CT molecular complexity index is 695. The molecule has 24 heavy (non-hydrogen) atoms. The van der Waals surface area contributed by atoms with Gasteiger partial charge < -0.3 is 19.9 Å². The monoisotopic (exact) mass is 328 g/mol. The largest absolute Gasteiger partial charge is 0.379 e. The highest BCUT2D eigenvalue weighted by Crippen LogP contribution is 2.21. The van der Waals surface area contributed by atoms with Gasteiger partial charge in [0.1, 0.15) is 5.82 Å². The molecule has 0 unspecified atom stereocenters. The number of ether oxygens (including phenoxy) is 1. The lowest BCUT2D eigenvalue weighted by Crippen LogP contribution is -2.41. The predicted molar refractivity (Wildman–Crippen MR) is 93.1 cm³/mol. The maximum absolute atomic E-state index is 12.1. The molecule has 2 amide bonds. The number of aromatic nitrogens is 2. The molecule has 1 aliphatic rings. The van der Waals surface area contributed by atoms with Gasteiger partial charge in [-0.15, -0.1) is 0 Å². The molecule has 2 heterocycles. The minimum atomic E-state index is -0.191. The first-order chi connectivity index (χ1) is 11.5. The Morgan fingerprint density at radius 1 is 1.33 bits per heavy atom. The first-order valence-corrected chi connectivity index (χ1v) is 8.29. The van der Waals surface area contributed by atoms with E-state index in [-0.39, 0.29) is 18.1 Å². The van der Waals surface area contributed by atoms with Gasteiger partial charge in [0.05, 0.1) is 25.3 Å². The van der Waals surface area contributed by atoms with Crippen LogP contribution in [0.3, 0.4) is 0 Å². The number of nitrogens with one attached hydrogen (secondary N) is 2. The lowest BCUT2D eigenvalue weighted by Gasteiger charge is -2.17. The fourth-order valence-electron chi connectivity index (χ4n) is 2.98. The summed E-state index contributed by atoms with van der Waals surface area (Å²) in [6.07, 6.45) is 3.78. The number of benzene rings is 1. The zero-order chi connectivity index (χ0) is 17.1. The summed E-state index contributed by atoms with van der Waals surface area (Å²) < 4.78 is 7.48. The number of hydrogen-bond donors (Lipinski definition) is 2. The second kappa shape index (κ2) is 7.05. The van der Waals surface area contributed by atoms with E-state index in [1.54, 1.807) is 6.20 Å². The number of rotatable bonds is 4. The van der Waals surface area contributed by atoms with E-state index < -0.39 is 0 Å². The molecule has 0 radical (unpaired) electrons. The van der Waals surface area contributed by atoms with Crippen molar-refractivity contribution in [3.05, 3.63) is 48.0 Å². The van der Waals surface area contributed by atoms with E-state index in [1.165, 1.54) is 5.56 Å². The molecule has 0 spiro atoms. The number of urea groups is 1. The lowest BCUT2D eigenvalue weighted by atomic mass is 10.1. The van der Waals surface area contributed by atoms with Gasteiger partial charge in [-0.05, 0) is 31.5 Å². The fraction of sp³-hybridized carbons (Fsp3) is 0.444. The number of imidazole rings is 1. The molecule has 2 aromatic rings. The number of carbonyl (C=O) groups is 1. The Morgan fingerprint density at radius 2 is 2.08 bits per heavy atom. The Hall–Kier alpha value is -2.34. The van der Waals surface area contributed by atoms with Crippen molar-refractivity contribution in [1.82, 2.24) is 14.9 Å². The van der Waals surface area contributed by atoms with Gasteiger partial charge in [-0.2, -0.15) is 0 Å². The molecule has 1 fully saturated rings. The Labute approximate surface area is 142 Å². The summed E-state index contributed by atoms with van der Waals surface area (Å²) in [5.74, 6) is 1.33. The van der Waals surface area contributed by atoms with Crippen LogP contribution in [-0.4, -0.2) is 34.8 Å². The number of nitrogens with zero attached hydrogens (tertiary/aromatic N) is 2. The molecule has 1 saturated heterocycles. The fourth-order valence-corrected chi connectivity index (χ4v) is 2.98. The predicted octanol–water partition coefficient (Wildman–Crippen LogP) is 2.96. The van der Waals surface area contributed by atoms with Crippen LogP contribution in [0.2, 0.25) is 0 Å². The summed E-state index contributed by atoms with van der Waals surface area (Å²) >= 11 is 0. The van der Waals surface area contributed by atoms with Crippen LogP contribution in [0.5, 0.6) is 0 Å². The van der Waals surface area contributed by atoms with Gasteiger partial charge in [-0.1, -0.05) is 19.1 Å². The minimum Gasteiger partial charge on any atom is -0.379 e. The molecule has 0 bridgehead atoms. The van der Waals surface area contributed by atoms with Crippen LogP contribution in [-0.2, 0) is 4.74 Å². The summed E-state index contributed by atoms with van der Waals surface area (Å²) in [5, 5.41) is 5.83. The number of hydrogen-bond acceptors (Lipinski definition) is 3. The first-order valence-electron chi connectivity index (χ1n) is 8.29. The highest BCUT2D eigenvalue weighted by atomic mass is 16.5. The van der Waals surface area contributed by atoms with E-state index in [0.29, 0.717) is 19.1 Å². The smallest absolute Gasteiger partial charge is 0.319 e. The molecule has 6 nitrogen and oxygen atoms in total. The summed E-state index contributed by atoms with van der Waals surface area (Å²) in [4.78, 5) is 16.3. The Morgan fingerprint density at radius 3 is 2.67 bits per heavy atom. The maximum Gasteiger partial charge on any atom is 0.319 e. The van der Waals surface area contributed by atoms with E-state index in [1.807, 2.05) is 37.4 Å². The number of amides is 2. The average molecular weight is 328 g/mol. The zero-order valence-corrected chi connectivity index (χ0v) is 14.3. The third-order valence-electron chi connectivity index (χ3n) is 4.61. The molecule has 3 rings (SSSR count). The van der Waals surface area contributed by atoms with Gasteiger partial charge in [0.15, 0.2) is 0 Å². The van der Waals surface area contributed by atoms with Crippen molar-refractivity contribution in [2.75, 3.05) is 18.5 Å². The normalized spacial score (nSPS) is 21.5. The Balaban J connectivity index is 1.60. The van der Waals surface area contributed by atoms with Crippen molar-refractivity contribution < 1.29 is 9.53 Å². The number of carbonyl (C=O) groups excluding carboxylic acids is 1. The van der Waals surface area contributed by atoms with Crippen molar-refractivity contribution in [1.29, 1.82) is 0 Å². The molecule has 6 heteroatoms. The van der Waals surface area contributed by atoms with Crippen molar-refractivity contribution in [2.24, 2.45) is 5.92 Å². The van der Waals surface area contributed by atoms with Crippen molar-refractivity contribution in [3.8, 4) is 0 Å². The van der Waals surface area contributed by atoms with Crippen LogP contribution in [0.1, 0.15) is 31.3 Å². The second-order valence-corrected chi connectivity index (χ2v) is 6.40. The Kier molecular flexibility index (Phi) is 4.85. The van der Waals surface area contributed by atoms with E-state index in [0.717, 1.165) is 11.5 Å². The minimum absolute atomic E-state index is 0.0773. The molecule has 1 aromatic carbocycles. The molecule has 1 aliphatic heterocycles. The van der Waals surface area contributed by atoms with Gasteiger partial charge in [0.2, 0.25) is 0 Å². The second-order valence-electron chi connectivity index (χ2n) is 6.40. The average Bonchev–Trinajstić information content (AvgIpc) is 3.16. The quantitative estimate of drug-likeness (QED) is 0.907. The third kappa shape index (κ3) is 3.59. The molecule has 128 valence electrons. The topological polar surface area (TPSA) is 68.2 Å². The van der Waals surface area contributed by atoms with E-state index in [2.05, 4.69) is 34.0 Å². The number of aryl methyl sites for hydroxylation is 1. The zero-order valence-electron chi connectivity index (χ0n) is 14.3.